The van der Waals surface area contributed by atoms with Crippen LogP contribution < -0.4 is 9.64 Å². The second-order valence-corrected chi connectivity index (χ2v) is 6.44. The molecule has 3 heterocycles. The average Bonchev–Trinajstić information content (AvgIpc) is 2.96. The van der Waals surface area contributed by atoms with Crippen molar-refractivity contribution in [3.05, 3.63) is 34.7 Å². The van der Waals surface area contributed by atoms with E-state index in [9.17, 15) is 9.18 Å². The fourth-order valence-electron chi connectivity index (χ4n) is 2.94. The van der Waals surface area contributed by atoms with Gasteiger partial charge in [0.05, 0.1) is 17.8 Å². The number of aromatic nitrogens is 3. The van der Waals surface area contributed by atoms with E-state index < -0.39 is 6.67 Å². The van der Waals surface area contributed by atoms with Gasteiger partial charge in [-0.2, -0.15) is 5.10 Å². The number of nitrogens with zero attached hydrogens (tertiary/aromatic N) is 5. The van der Waals surface area contributed by atoms with Gasteiger partial charge in [-0.25, -0.2) is 9.37 Å². The molecule has 0 aliphatic carbocycles. The van der Waals surface area contributed by atoms with Crippen LogP contribution in [0.15, 0.2) is 18.3 Å². The number of carbonyl (C=O) groups excluding carboxylic acids is 1. The molecule has 26 heavy (non-hydrogen) atoms. The van der Waals surface area contributed by atoms with Crippen LogP contribution in [-0.4, -0.2) is 58.9 Å². The molecule has 1 saturated heterocycles. The summed E-state index contributed by atoms with van der Waals surface area (Å²) in [5, 5.41) is 4.36. The van der Waals surface area contributed by atoms with Gasteiger partial charge < -0.3 is 14.5 Å². The molecule has 0 atom stereocenters. The summed E-state index contributed by atoms with van der Waals surface area (Å²) in [5.41, 5.74) is 0.776. The first kappa shape index (κ1) is 18.4. The van der Waals surface area contributed by atoms with Gasteiger partial charge in [0, 0.05) is 38.4 Å². The molecule has 0 bridgehead atoms. The molecule has 1 aliphatic heterocycles. The molecular formula is C17H21ClFN5O2. The predicted molar refractivity (Wildman–Crippen MR) is 96.4 cm³/mol. The van der Waals surface area contributed by atoms with E-state index in [1.807, 2.05) is 6.07 Å². The second kappa shape index (κ2) is 7.90. The minimum absolute atomic E-state index is 0.0585. The number of alkyl halides is 1. The average molecular weight is 382 g/mol. The lowest BCUT2D eigenvalue weighted by molar-refractivity contribution is -0.132. The number of piperazine rings is 1. The first-order chi connectivity index (χ1) is 12.5. The first-order valence-corrected chi connectivity index (χ1v) is 8.71. The highest BCUT2D eigenvalue weighted by molar-refractivity contribution is 6.31. The van der Waals surface area contributed by atoms with Gasteiger partial charge in [0.25, 0.3) is 0 Å². The molecular weight excluding hydrogens is 361 g/mol. The first-order valence-electron chi connectivity index (χ1n) is 8.34. The highest BCUT2D eigenvalue weighted by Crippen LogP contribution is 2.22. The van der Waals surface area contributed by atoms with Crippen LogP contribution in [0.4, 0.5) is 10.2 Å². The molecule has 140 valence electrons. The van der Waals surface area contributed by atoms with Gasteiger partial charge in [-0.1, -0.05) is 11.6 Å². The van der Waals surface area contributed by atoms with Gasteiger partial charge in [-0.05, 0) is 13.0 Å². The standard InChI is InChI=1S/C17H21ClFN5O2/c1-12-17(18)14(10-19)21-24(12)11-16(25)23-7-5-22(6-8-23)15-9-13(26-2)3-4-20-15/h3-4,9H,5-8,10-11H2,1-2H3. The van der Waals surface area contributed by atoms with Crippen molar-refractivity contribution in [2.24, 2.45) is 0 Å². The lowest BCUT2D eigenvalue weighted by Crippen LogP contribution is -2.50. The molecule has 9 heteroatoms. The largest absolute Gasteiger partial charge is 0.497 e. The van der Waals surface area contributed by atoms with Crippen LogP contribution >= 0.6 is 11.6 Å². The Balaban J connectivity index is 1.60. The van der Waals surface area contributed by atoms with Crippen molar-refractivity contribution >= 4 is 23.3 Å². The number of amides is 1. The summed E-state index contributed by atoms with van der Waals surface area (Å²) in [6.07, 6.45) is 1.71. The van der Waals surface area contributed by atoms with Crippen LogP contribution in [0.5, 0.6) is 5.75 Å². The van der Waals surface area contributed by atoms with E-state index in [-0.39, 0.29) is 23.2 Å². The van der Waals surface area contributed by atoms with E-state index in [1.54, 1.807) is 31.2 Å². The number of methoxy groups -OCH3 is 1. The maximum absolute atomic E-state index is 12.9. The normalized spacial score (nSPS) is 14.6. The Bertz CT molecular complexity index is 789. The SMILES string of the molecule is COc1ccnc(N2CCN(C(=O)Cn3nc(CF)c(Cl)c3C)CC2)c1. The third kappa shape index (κ3) is 3.75. The molecule has 1 amide bonds. The van der Waals surface area contributed by atoms with Gasteiger partial charge in [-0.15, -0.1) is 0 Å². The van der Waals surface area contributed by atoms with E-state index in [2.05, 4.69) is 15.0 Å². The highest BCUT2D eigenvalue weighted by Gasteiger charge is 2.23. The monoisotopic (exact) mass is 381 g/mol. The van der Waals surface area contributed by atoms with E-state index in [4.69, 9.17) is 16.3 Å². The molecule has 0 saturated carbocycles. The zero-order chi connectivity index (χ0) is 18.7. The van der Waals surface area contributed by atoms with Crippen LogP contribution in [0.1, 0.15) is 11.4 Å². The smallest absolute Gasteiger partial charge is 0.244 e. The molecule has 1 fully saturated rings. The Labute approximate surface area is 156 Å². The lowest BCUT2D eigenvalue weighted by Gasteiger charge is -2.35. The van der Waals surface area contributed by atoms with E-state index in [0.717, 1.165) is 11.6 Å². The van der Waals surface area contributed by atoms with Crippen molar-refractivity contribution in [3.8, 4) is 5.75 Å². The number of hydrogen-bond acceptors (Lipinski definition) is 5. The van der Waals surface area contributed by atoms with Crippen LogP contribution in [0, 0.1) is 6.92 Å². The van der Waals surface area contributed by atoms with Crippen LogP contribution in [0.25, 0.3) is 0 Å². The van der Waals surface area contributed by atoms with Crippen molar-refractivity contribution in [1.29, 1.82) is 0 Å². The molecule has 0 spiro atoms. The summed E-state index contributed by atoms with van der Waals surface area (Å²) in [6.45, 7) is 3.58. The minimum atomic E-state index is -0.743. The van der Waals surface area contributed by atoms with Gasteiger partial charge in [0.15, 0.2) is 0 Å². The number of halogens is 2. The van der Waals surface area contributed by atoms with Crippen molar-refractivity contribution in [2.75, 3.05) is 38.2 Å². The van der Waals surface area contributed by atoms with Gasteiger partial charge in [0.1, 0.15) is 30.5 Å². The van der Waals surface area contributed by atoms with Crippen molar-refractivity contribution in [3.63, 3.8) is 0 Å². The minimum Gasteiger partial charge on any atom is -0.497 e. The molecule has 7 nitrogen and oxygen atoms in total. The highest BCUT2D eigenvalue weighted by atomic mass is 35.5. The summed E-state index contributed by atoms with van der Waals surface area (Å²) in [7, 11) is 1.62. The van der Waals surface area contributed by atoms with Gasteiger partial charge in [0.2, 0.25) is 5.91 Å². The van der Waals surface area contributed by atoms with Crippen LogP contribution in [0.3, 0.4) is 0 Å². The molecule has 2 aromatic rings. The van der Waals surface area contributed by atoms with E-state index in [1.165, 1.54) is 4.68 Å². The maximum atomic E-state index is 12.9. The summed E-state index contributed by atoms with van der Waals surface area (Å²) < 4.78 is 19.5. The zero-order valence-electron chi connectivity index (χ0n) is 14.8. The summed E-state index contributed by atoms with van der Waals surface area (Å²) >= 11 is 6.02. The quantitative estimate of drug-likeness (QED) is 0.793. The second-order valence-electron chi connectivity index (χ2n) is 6.06. The summed E-state index contributed by atoms with van der Waals surface area (Å²) in [5.74, 6) is 1.53. The number of carbonyl (C=O) groups is 1. The topological polar surface area (TPSA) is 63.5 Å². The fourth-order valence-corrected chi connectivity index (χ4v) is 3.12. The Hall–Kier alpha value is -2.35. The molecule has 0 unspecified atom stereocenters. The Kier molecular flexibility index (Phi) is 5.61. The van der Waals surface area contributed by atoms with Gasteiger partial charge >= 0.3 is 0 Å². The van der Waals surface area contributed by atoms with Crippen molar-refractivity contribution in [2.45, 2.75) is 20.1 Å². The fraction of sp³-hybridized carbons (Fsp3) is 0.471. The number of anilines is 1. The molecule has 0 radical (unpaired) electrons. The summed E-state index contributed by atoms with van der Waals surface area (Å²) in [6, 6.07) is 3.68. The van der Waals surface area contributed by atoms with Gasteiger partial charge in [-0.3, -0.25) is 9.48 Å². The number of pyridine rings is 1. The third-order valence-electron chi connectivity index (χ3n) is 4.52. The lowest BCUT2D eigenvalue weighted by atomic mass is 10.3. The number of ether oxygens (including phenoxy) is 1. The maximum Gasteiger partial charge on any atom is 0.244 e. The van der Waals surface area contributed by atoms with E-state index in [0.29, 0.717) is 31.9 Å². The van der Waals surface area contributed by atoms with Crippen molar-refractivity contribution < 1.29 is 13.9 Å². The summed E-state index contributed by atoms with van der Waals surface area (Å²) in [4.78, 5) is 20.8. The van der Waals surface area contributed by atoms with Crippen LogP contribution in [-0.2, 0) is 18.0 Å². The zero-order valence-corrected chi connectivity index (χ0v) is 15.5. The third-order valence-corrected chi connectivity index (χ3v) is 5.01. The number of rotatable bonds is 5. The number of hydrogen-bond donors (Lipinski definition) is 0. The molecule has 3 rings (SSSR count). The van der Waals surface area contributed by atoms with E-state index >= 15 is 0 Å². The molecule has 1 aliphatic rings. The Morgan fingerprint density at radius 1 is 1.35 bits per heavy atom. The Morgan fingerprint density at radius 3 is 2.69 bits per heavy atom. The Morgan fingerprint density at radius 2 is 2.08 bits per heavy atom. The predicted octanol–water partition coefficient (Wildman–Crippen LogP) is 2.07. The molecule has 2 aromatic heterocycles. The van der Waals surface area contributed by atoms with Crippen molar-refractivity contribution in [1.82, 2.24) is 19.7 Å². The van der Waals surface area contributed by atoms with Crippen LogP contribution in [0.2, 0.25) is 5.02 Å². The molecule has 0 N–H and O–H groups in total. The molecule has 0 aromatic carbocycles.